The maximum absolute atomic E-state index is 5.81. The molecule has 0 aromatic heterocycles. The first kappa shape index (κ1) is 11.6. The quantitative estimate of drug-likeness (QED) is 0.775. The Kier molecular flexibility index (Phi) is 3.62. The third-order valence-electron chi connectivity index (χ3n) is 3.09. The number of hydrogen-bond acceptors (Lipinski definition) is 2. The lowest BCUT2D eigenvalue weighted by Gasteiger charge is -2.37. The predicted molar refractivity (Wildman–Crippen MR) is 64.1 cm³/mol. The van der Waals surface area contributed by atoms with E-state index in [4.69, 9.17) is 9.47 Å². The highest BCUT2D eigenvalue weighted by Crippen LogP contribution is 2.34. The lowest BCUT2D eigenvalue weighted by molar-refractivity contribution is -0.231. The van der Waals surface area contributed by atoms with Crippen LogP contribution in [0, 0.1) is 5.41 Å². The van der Waals surface area contributed by atoms with Crippen LogP contribution in [0.4, 0.5) is 0 Å². The Bertz CT molecular complexity index is 313. The zero-order valence-electron chi connectivity index (χ0n) is 10.1. The first-order valence-corrected chi connectivity index (χ1v) is 6.02. The minimum atomic E-state index is -0.175. The van der Waals surface area contributed by atoms with Gasteiger partial charge in [-0.25, -0.2) is 0 Å². The van der Waals surface area contributed by atoms with Gasteiger partial charge in [0.1, 0.15) is 0 Å². The minimum Gasteiger partial charge on any atom is -0.348 e. The van der Waals surface area contributed by atoms with Crippen LogP contribution in [0.5, 0.6) is 0 Å². The molecule has 0 bridgehead atoms. The molecule has 1 fully saturated rings. The second-order valence-electron chi connectivity index (χ2n) is 4.93. The average Bonchev–Trinajstić information content (AvgIpc) is 2.31. The maximum Gasteiger partial charge on any atom is 0.183 e. The normalized spacial score (nSPS) is 30.2. The van der Waals surface area contributed by atoms with E-state index in [9.17, 15) is 0 Å². The van der Waals surface area contributed by atoms with Gasteiger partial charge in [0.2, 0.25) is 0 Å². The van der Waals surface area contributed by atoms with Crippen molar-refractivity contribution in [2.24, 2.45) is 5.41 Å². The summed E-state index contributed by atoms with van der Waals surface area (Å²) in [7, 11) is 0. The summed E-state index contributed by atoms with van der Waals surface area (Å²) in [6, 6.07) is 10.1. The molecule has 1 saturated heterocycles. The van der Waals surface area contributed by atoms with Crippen molar-refractivity contribution in [2.75, 3.05) is 13.2 Å². The fraction of sp³-hybridized carbons (Fsp3) is 0.571. The molecule has 0 atom stereocenters. The predicted octanol–water partition coefficient (Wildman–Crippen LogP) is 3.54. The van der Waals surface area contributed by atoms with E-state index in [1.165, 1.54) is 6.42 Å². The van der Waals surface area contributed by atoms with Gasteiger partial charge >= 0.3 is 0 Å². The summed E-state index contributed by atoms with van der Waals surface area (Å²) in [5.41, 5.74) is 1.31. The van der Waals surface area contributed by atoms with Crippen molar-refractivity contribution in [1.82, 2.24) is 0 Å². The van der Waals surface area contributed by atoms with Gasteiger partial charge in [0, 0.05) is 11.0 Å². The summed E-state index contributed by atoms with van der Waals surface area (Å²) in [5, 5.41) is 0. The summed E-state index contributed by atoms with van der Waals surface area (Å²) in [6.07, 6.45) is 2.17. The Labute approximate surface area is 97.6 Å². The van der Waals surface area contributed by atoms with Crippen LogP contribution in [0.2, 0.25) is 0 Å². The van der Waals surface area contributed by atoms with Crippen molar-refractivity contribution in [3.8, 4) is 0 Å². The second kappa shape index (κ2) is 4.98. The molecule has 1 aliphatic rings. The summed E-state index contributed by atoms with van der Waals surface area (Å²) < 4.78 is 11.6. The van der Waals surface area contributed by atoms with E-state index < -0.39 is 0 Å². The van der Waals surface area contributed by atoms with Crippen LogP contribution in [0.25, 0.3) is 0 Å². The summed E-state index contributed by atoms with van der Waals surface area (Å²) in [4.78, 5) is 0. The molecule has 16 heavy (non-hydrogen) atoms. The van der Waals surface area contributed by atoms with E-state index in [1.54, 1.807) is 0 Å². The van der Waals surface area contributed by atoms with Crippen LogP contribution in [0.15, 0.2) is 30.3 Å². The Morgan fingerprint density at radius 1 is 1.19 bits per heavy atom. The largest absolute Gasteiger partial charge is 0.348 e. The zero-order chi connectivity index (χ0) is 11.4. The van der Waals surface area contributed by atoms with Gasteiger partial charge < -0.3 is 9.47 Å². The van der Waals surface area contributed by atoms with Gasteiger partial charge in [-0.1, -0.05) is 50.6 Å². The van der Waals surface area contributed by atoms with Crippen LogP contribution in [-0.4, -0.2) is 13.2 Å². The Hall–Kier alpha value is -0.860. The van der Waals surface area contributed by atoms with Crippen LogP contribution in [0.3, 0.4) is 0 Å². The van der Waals surface area contributed by atoms with Crippen molar-refractivity contribution >= 4 is 0 Å². The molecule has 2 nitrogen and oxygen atoms in total. The molecule has 2 heteroatoms. The molecule has 0 amide bonds. The lowest BCUT2D eigenvalue weighted by atomic mass is 9.87. The summed E-state index contributed by atoms with van der Waals surface area (Å²) >= 11 is 0. The highest BCUT2D eigenvalue weighted by atomic mass is 16.7. The molecule has 0 unspecified atom stereocenters. The second-order valence-corrected chi connectivity index (χ2v) is 4.93. The van der Waals surface area contributed by atoms with Gasteiger partial charge in [-0.2, -0.15) is 0 Å². The molecule has 1 aromatic rings. The van der Waals surface area contributed by atoms with Gasteiger partial charge in [0.25, 0.3) is 0 Å². The monoisotopic (exact) mass is 220 g/mol. The van der Waals surface area contributed by atoms with Crippen molar-refractivity contribution in [3.05, 3.63) is 35.9 Å². The fourth-order valence-electron chi connectivity index (χ4n) is 2.19. The van der Waals surface area contributed by atoms with Gasteiger partial charge in [0.15, 0.2) is 6.29 Å². The van der Waals surface area contributed by atoms with E-state index in [0.717, 1.165) is 25.2 Å². The van der Waals surface area contributed by atoms with Crippen molar-refractivity contribution in [3.63, 3.8) is 0 Å². The van der Waals surface area contributed by atoms with E-state index in [-0.39, 0.29) is 11.7 Å². The zero-order valence-corrected chi connectivity index (χ0v) is 10.1. The topological polar surface area (TPSA) is 18.5 Å². The Morgan fingerprint density at radius 2 is 1.81 bits per heavy atom. The third kappa shape index (κ3) is 2.63. The highest BCUT2D eigenvalue weighted by molar-refractivity contribution is 5.16. The molecule has 1 aliphatic heterocycles. The van der Waals surface area contributed by atoms with Gasteiger partial charge in [-0.05, 0) is 6.42 Å². The number of rotatable bonds is 3. The summed E-state index contributed by atoms with van der Waals surface area (Å²) in [5.74, 6) is 0. The SMILES string of the molecule is CCCC1(C)COC(c2ccccc2)OC1. The average molecular weight is 220 g/mol. The first-order valence-electron chi connectivity index (χ1n) is 6.02. The lowest BCUT2D eigenvalue weighted by Crippen LogP contribution is -2.36. The van der Waals surface area contributed by atoms with E-state index in [1.807, 2.05) is 30.3 Å². The number of hydrogen-bond donors (Lipinski definition) is 0. The van der Waals surface area contributed by atoms with Crippen LogP contribution < -0.4 is 0 Å². The molecule has 0 spiro atoms. The molecule has 1 aromatic carbocycles. The molecule has 0 N–H and O–H groups in total. The van der Waals surface area contributed by atoms with Crippen LogP contribution in [0.1, 0.15) is 38.5 Å². The smallest absolute Gasteiger partial charge is 0.183 e. The summed E-state index contributed by atoms with van der Waals surface area (Å²) in [6.45, 7) is 6.02. The van der Waals surface area contributed by atoms with Crippen molar-refractivity contribution in [2.45, 2.75) is 33.0 Å². The molecule has 88 valence electrons. The Morgan fingerprint density at radius 3 is 2.38 bits per heavy atom. The molecule has 2 rings (SSSR count). The van der Waals surface area contributed by atoms with Crippen LogP contribution >= 0.6 is 0 Å². The van der Waals surface area contributed by atoms with E-state index in [0.29, 0.717) is 0 Å². The molecular weight excluding hydrogens is 200 g/mol. The van der Waals surface area contributed by atoms with Gasteiger partial charge in [-0.15, -0.1) is 0 Å². The van der Waals surface area contributed by atoms with Crippen LogP contribution in [-0.2, 0) is 9.47 Å². The Balaban J connectivity index is 1.95. The van der Waals surface area contributed by atoms with E-state index in [2.05, 4.69) is 13.8 Å². The molecule has 0 aliphatic carbocycles. The minimum absolute atomic E-state index is 0.175. The third-order valence-corrected chi connectivity index (χ3v) is 3.09. The van der Waals surface area contributed by atoms with Crippen molar-refractivity contribution < 1.29 is 9.47 Å². The number of ether oxygens (including phenoxy) is 2. The molecule has 1 heterocycles. The molecule has 0 radical (unpaired) electrons. The molecule has 0 saturated carbocycles. The maximum atomic E-state index is 5.81. The van der Waals surface area contributed by atoms with Gasteiger partial charge in [-0.3, -0.25) is 0 Å². The van der Waals surface area contributed by atoms with Gasteiger partial charge in [0.05, 0.1) is 13.2 Å². The standard InChI is InChI=1S/C14H20O2/c1-3-9-14(2)10-15-13(16-11-14)12-7-5-4-6-8-12/h4-8,13H,3,9-11H2,1-2H3. The first-order chi connectivity index (χ1) is 7.73. The van der Waals surface area contributed by atoms with Crippen molar-refractivity contribution in [1.29, 1.82) is 0 Å². The molecular formula is C14H20O2. The fourth-order valence-corrected chi connectivity index (χ4v) is 2.19. The number of benzene rings is 1. The highest BCUT2D eigenvalue weighted by Gasteiger charge is 2.32. The van der Waals surface area contributed by atoms with E-state index >= 15 is 0 Å².